The molecule has 0 atom stereocenters. The number of aromatic nitrogens is 2. The molecule has 0 saturated carbocycles. The fraction of sp³-hybridized carbons (Fsp3) is 0.353. The second kappa shape index (κ2) is 7.63. The molecule has 2 aromatic rings. The van der Waals surface area contributed by atoms with Crippen molar-refractivity contribution in [3.8, 4) is 0 Å². The van der Waals surface area contributed by atoms with Gasteiger partial charge in [0.2, 0.25) is 0 Å². The van der Waals surface area contributed by atoms with Gasteiger partial charge in [0.15, 0.2) is 0 Å². The third-order valence-electron chi connectivity index (χ3n) is 3.87. The van der Waals surface area contributed by atoms with Crippen LogP contribution in [0.4, 0.5) is 22.1 Å². The molecular weight excluding hydrogens is 306 g/mol. The van der Waals surface area contributed by atoms with Crippen LogP contribution in [-0.2, 0) is 4.74 Å². The normalized spacial score (nSPS) is 14.4. The van der Waals surface area contributed by atoms with Crippen LogP contribution in [0, 0.1) is 0 Å². The molecule has 2 aromatic heterocycles. The van der Waals surface area contributed by atoms with Gasteiger partial charge >= 0.3 is 6.09 Å². The largest absolute Gasteiger partial charge is 0.450 e. The van der Waals surface area contributed by atoms with Crippen LogP contribution in [0.25, 0.3) is 0 Å². The second-order valence-electron chi connectivity index (χ2n) is 5.41. The molecule has 0 unspecified atom stereocenters. The van der Waals surface area contributed by atoms with E-state index >= 15 is 0 Å². The van der Waals surface area contributed by atoms with Crippen molar-refractivity contribution in [3.05, 3.63) is 42.7 Å². The molecule has 1 aliphatic rings. The van der Waals surface area contributed by atoms with E-state index in [1.165, 1.54) is 0 Å². The molecular formula is C17H21N5O2. The highest BCUT2D eigenvalue weighted by Crippen LogP contribution is 2.19. The fourth-order valence-electron chi connectivity index (χ4n) is 2.65. The van der Waals surface area contributed by atoms with Crippen LogP contribution in [0.3, 0.4) is 0 Å². The summed E-state index contributed by atoms with van der Waals surface area (Å²) in [5.41, 5.74) is 1.05. The van der Waals surface area contributed by atoms with Crippen LogP contribution >= 0.6 is 0 Å². The standard InChI is InChI=1S/C17H21N5O2/c1-2-24-17(23)20-15-7-6-14(13-19-15)21-9-11-22(12-10-21)16-5-3-4-8-18-16/h3-8,13H,2,9-12H2,1H3,(H,19,20,23). The summed E-state index contributed by atoms with van der Waals surface area (Å²) in [6.45, 7) is 5.75. The van der Waals surface area contributed by atoms with Gasteiger partial charge in [-0.1, -0.05) is 6.07 Å². The predicted octanol–water partition coefficient (Wildman–Crippen LogP) is 2.37. The van der Waals surface area contributed by atoms with E-state index in [0.29, 0.717) is 12.4 Å². The third kappa shape index (κ3) is 3.92. The summed E-state index contributed by atoms with van der Waals surface area (Å²) in [7, 11) is 0. The monoisotopic (exact) mass is 327 g/mol. The maximum atomic E-state index is 11.4. The minimum atomic E-state index is -0.485. The smallest absolute Gasteiger partial charge is 0.412 e. The van der Waals surface area contributed by atoms with Gasteiger partial charge in [-0.2, -0.15) is 0 Å². The topological polar surface area (TPSA) is 70.6 Å². The van der Waals surface area contributed by atoms with Gasteiger partial charge in [0.25, 0.3) is 0 Å². The van der Waals surface area contributed by atoms with Crippen LogP contribution in [0.2, 0.25) is 0 Å². The number of nitrogens with one attached hydrogen (secondary N) is 1. The molecule has 0 radical (unpaired) electrons. The Morgan fingerprint density at radius 3 is 2.54 bits per heavy atom. The molecule has 1 N–H and O–H groups in total. The molecule has 7 nitrogen and oxygen atoms in total. The molecule has 0 aliphatic carbocycles. The van der Waals surface area contributed by atoms with Crippen LogP contribution in [0.5, 0.6) is 0 Å². The highest BCUT2D eigenvalue weighted by molar-refractivity contribution is 5.83. The summed E-state index contributed by atoms with van der Waals surface area (Å²) in [4.78, 5) is 24.6. The zero-order valence-corrected chi connectivity index (χ0v) is 13.7. The highest BCUT2D eigenvalue weighted by atomic mass is 16.5. The average Bonchev–Trinajstić information content (AvgIpc) is 2.63. The summed E-state index contributed by atoms with van der Waals surface area (Å²) < 4.78 is 4.83. The Kier molecular flexibility index (Phi) is 5.10. The van der Waals surface area contributed by atoms with E-state index in [2.05, 4.69) is 25.1 Å². The number of pyridine rings is 2. The number of piperazine rings is 1. The molecule has 1 amide bonds. The molecule has 126 valence electrons. The zero-order valence-electron chi connectivity index (χ0n) is 13.7. The molecule has 1 fully saturated rings. The lowest BCUT2D eigenvalue weighted by Crippen LogP contribution is -2.46. The Bertz CT molecular complexity index is 654. The number of carbonyl (C=O) groups excluding carboxylic acids is 1. The summed E-state index contributed by atoms with van der Waals surface area (Å²) in [6, 6.07) is 9.72. The minimum Gasteiger partial charge on any atom is -0.450 e. The number of ether oxygens (including phenoxy) is 1. The fourth-order valence-corrected chi connectivity index (χ4v) is 2.65. The van der Waals surface area contributed by atoms with Gasteiger partial charge in [-0.15, -0.1) is 0 Å². The number of carbonyl (C=O) groups is 1. The lowest BCUT2D eigenvalue weighted by Gasteiger charge is -2.36. The maximum Gasteiger partial charge on any atom is 0.412 e. The molecule has 0 bridgehead atoms. The van der Waals surface area contributed by atoms with Crippen molar-refractivity contribution >= 4 is 23.4 Å². The van der Waals surface area contributed by atoms with Crippen LogP contribution in [-0.4, -0.2) is 48.8 Å². The van der Waals surface area contributed by atoms with E-state index in [-0.39, 0.29) is 0 Å². The average molecular weight is 327 g/mol. The van der Waals surface area contributed by atoms with Crippen LogP contribution in [0.1, 0.15) is 6.92 Å². The van der Waals surface area contributed by atoms with Gasteiger partial charge in [0.05, 0.1) is 18.5 Å². The maximum absolute atomic E-state index is 11.4. The Hall–Kier alpha value is -2.83. The van der Waals surface area contributed by atoms with Gasteiger partial charge in [0.1, 0.15) is 11.6 Å². The molecule has 0 spiro atoms. The first-order valence-corrected chi connectivity index (χ1v) is 8.07. The number of hydrogen-bond donors (Lipinski definition) is 1. The van der Waals surface area contributed by atoms with Gasteiger partial charge in [-0.05, 0) is 31.2 Å². The van der Waals surface area contributed by atoms with E-state index < -0.39 is 6.09 Å². The van der Waals surface area contributed by atoms with Crippen LogP contribution < -0.4 is 15.1 Å². The van der Waals surface area contributed by atoms with Gasteiger partial charge in [-0.25, -0.2) is 14.8 Å². The summed E-state index contributed by atoms with van der Waals surface area (Å²) in [5.74, 6) is 1.51. The molecule has 1 saturated heterocycles. The quantitative estimate of drug-likeness (QED) is 0.930. The Balaban J connectivity index is 1.55. The number of nitrogens with zero attached hydrogens (tertiary/aromatic N) is 4. The van der Waals surface area contributed by atoms with Crippen molar-refractivity contribution in [2.24, 2.45) is 0 Å². The molecule has 24 heavy (non-hydrogen) atoms. The first-order valence-electron chi connectivity index (χ1n) is 8.07. The minimum absolute atomic E-state index is 0.338. The van der Waals surface area contributed by atoms with E-state index in [1.54, 1.807) is 19.2 Å². The van der Waals surface area contributed by atoms with Gasteiger partial charge < -0.3 is 14.5 Å². The van der Waals surface area contributed by atoms with E-state index in [0.717, 1.165) is 37.7 Å². The zero-order chi connectivity index (χ0) is 16.8. The Morgan fingerprint density at radius 2 is 1.92 bits per heavy atom. The van der Waals surface area contributed by atoms with Crippen LogP contribution in [0.15, 0.2) is 42.7 Å². The molecule has 0 aromatic carbocycles. The lowest BCUT2D eigenvalue weighted by molar-refractivity contribution is 0.168. The Morgan fingerprint density at radius 1 is 1.12 bits per heavy atom. The molecule has 1 aliphatic heterocycles. The number of hydrogen-bond acceptors (Lipinski definition) is 6. The van der Waals surface area contributed by atoms with Crippen molar-refractivity contribution in [2.75, 3.05) is 47.9 Å². The van der Waals surface area contributed by atoms with Gasteiger partial charge in [-0.3, -0.25) is 5.32 Å². The first-order chi connectivity index (χ1) is 11.8. The van der Waals surface area contributed by atoms with Crippen molar-refractivity contribution < 1.29 is 9.53 Å². The van der Waals surface area contributed by atoms with E-state index in [1.807, 2.05) is 30.5 Å². The summed E-state index contributed by atoms with van der Waals surface area (Å²) in [6.07, 6.45) is 3.11. The van der Waals surface area contributed by atoms with Crippen molar-refractivity contribution in [1.82, 2.24) is 9.97 Å². The lowest BCUT2D eigenvalue weighted by atomic mass is 10.2. The van der Waals surface area contributed by atoms with Crippen molar-refractivity contribution in [1.29, 1.82) is 0 Å². The number of anilines is 3. The summed E-state index contributed by atoms with van der Waals surface area (Å²) >= 11 is 0. The number of amides is 1. The van der Waals surface area contributed by atoms with Crippen molar-refractivity contribution in [3.63, 3.8) is 0 Å². The van der Waals surface area contributed by atoms with E-state index in [9.17, 15) is 4.79 Å². The van der Waals surface area contributed by atoms with Crippen molar-refractivity contribution in [2.45, 2.75) is 6.92 Å². The first kappa shape index (κ1) is 16.0. The number of rotatable bonds is 4. The van der Waals surface area contributed by atoms with Gasteiger partial charge in [0, 0.05) is 32.4 Å². The molecule has 7 heteroatoms. The second-order valence-corrected chi connectivity index (χ2v) is 5.41. The Labute approximate surface area is 141 Å². The predicted molar refractivity (Wildman–Crippen MR) is 93.5 cm³/mol. The SMILES string of the molecule is CCOC(=O)Nc1ccc(N2CCN(c3ccccn3)CC2)cn1. The summed E-state index contributed by atoms with van der Waals surface area (Å²) in [5, 5.41) is 2.59. The molecule has 3 rings (SSSR count). The third-order valence-corrected chi connectivity index (χ3v) is 3.87. The highest BCUT2D eigenvalue weighted by Gasteiger charge is 2.18. The van der Waals surface area contributed by atoms with E-state index in [4.69, 9.17) is 4.74 Å². The molecule has 3 heterocycles.